The Labute approximate surface area is 206 Å². The zero-order chi connectivity index (χ0) is 24.8. The van der Waals surface area contributed by atoms with Crippen LogP contribution in [0.3, 0.4) is 0 Å². The van der Waals surface area contributed by atoms with E-state index in [-0.39, 0.29) is 17.5 Å². The van der Waals surface area contributed by atoms with E-state index in [4.69, 9.17) is 9.47 Å². The van der Waals surface area contributed by atoms with Crippen LogP contribution in [0, 0.1) is 0 Å². The Morgan fingerprint density at radius 3 is 2.43 bits per heavy atom. The average molecular weight is 476 g/mol. The molecule has 1 amide bonds. The molecule has 35 heavy (non-hydrogen) atoms. The van der Waals surface area contributed by atoms with Gasteiger partial charge in [-0.15, -0.1) is 0 Å². The molecule has 7 nitrogen and oxygen atoms in total. The summed E-state index contributed by atoms with van der Waals surface area (Å²) in [6.07, 6.45) is 4.54. The highest BCUT2D eigenvalue weighted by Crippen LogP contribution is 2.47. The van der Waals surface area contributed by atoms with Gasteiger partial charge in [0.05, 0.1) is 24.3 Å². The Kier molecular flexibility index (Phi) is 7.68. The summed E-state index contributed by atoms with van der Waals surface area (Å²) >= 11 is 0. The number of benzene rings is 2. The summed E-state index contributed by atoms with van der Waals surface area (Å²) in [5, 5.41) is 6.53. The van der Waals surface area contributed by atoms with E-state index in [0.29, 0.717) is 18.5 Å². The van der Waals surface area contributed by atoms with Crippen LogP contribution in [0.5, 0.6) is 0 Å². The molecule has 0 fully saturated rings. The fraction of sp³-hybridized carbons (Fsp3) is 0.357. The number of esters is 1. The van der Waals surface area contributed by atoms with Crippen LogP contribution < -0.4 is 10.6 Å². The minimum atomic E-state index is -1.14. The highest BCUT2D eigenvalue weighted by Gasteiger charge is 2.58. The fourth-order valence-corrected chi connectivity index (χ4v) is 4.74. The van der Waals surface area contributed by atoms with Gasteiger partial charge in [-0.3, -0.25) is 4.79 Å². The summed E-state index contributed by atoms with van der Waals surface area (Å²) in [7, 11) is 5.32. The summed E-state index contributed by atoms with van der Waals surface area (Å²) in [6, 6.07) is 19.5. The molecule has 2 aliphatic rings. The molecule has 2 aromatic carbocycles. The van der Waals surface area contributed by atoms with E-state index in [0.717, 1.165) is 24.2 Å². The molecule has 0 saturated heterocycles. The molecular weight excluding hydrogens is 442 g/mol. The highest BCUT2D eigenvalue weighted by molar-refractivity contribution is 6.07. The van der Waals surface area contributed by atoms with Crippen molar-refractivity contribution in [1.29, 1.82) is 0 Å². The Morgan fingerprint density at radius 1 is 1.09 bits per heavy atom. The summed E-state index contributed by atoms with van der Waals surface area (Å²) in [5.74, 6) is -0.846. The van der Waals surface area contributed by atoms with Crippen LogP contribution in [0.4, 0.5) is 5.69 Å². The molecular formula is C28H33N3O4. The first-order valence-corrected chi connectivity index (χ1v) is 11.9. The first kappa shape index (κ1) is 24.7. The first-order valence-electron chi connectivity index (χ1n) is 11.9. The lowest BCUT2D eigenvalue weighted by Crippen LogP contribution is -2.49. The van der Waals surface area contributed by atoms with Gasteiger partial charge in [-0.2, -0.15) is 0 Å². The van der Waals surface area contributed by atoms with Gasteiger partial charge in [0.15, 0.2) is 0 Å². The monoisotopic (exact) mass is 475 g/mol. The molecule has 0 aliphatic carbocycles. The van der Waals surface area contributed by atoms with E-state index in [1.165, 1.54) is 7.11 Å². The normalized spacial score (nSPS) is 21.3. The van der Waals surface area contributed by atoms with Crippen LogP contribution in [0.1, 0.15) is 12.0 Å². The second kappa shape index (κ2) is 10.9. The predicted molar refractivity (Wildman–Crippen MR) is 136 cm³/mol. The second-order valence-corrected chi connectivity index (χ2v) is 9.14. The van der Waals surface area contributed by atoms with Gasteiger partial charge >= 0.3 is 5.97 Å². The van der Waals surface area contributed by atoms with Crippen molar-refractivity contribution in [2.75, 3.05) is 39.6 Å². The lowest BCUT2D eigenvalue weighted by molar-refractivity contribution is -0.138. The van der Waals surface area contributed by atoms with Gasteiger partial charge in [-0.25, -0.2) is 4.79 Å². The Hall–Kier alpha value is -3.42. The molecule has 2 aliphatic heterocycles. The third-order valence-corrected chi connectivity index (χ3v) is 6.40. The van der Waals surface area contributed by atoms with Gasteiger partial charge < -0.3 is 25.0 Å². The molecule has 0 saturated carbocycles. The summed E-state index contributed by atoms with van der Waals surface area (Å²) in [6.45, 7) is 1.36. The average Bonchev–Trinajstić information content (AvgIpc) is 3.45. The maximum atomic E-state index is 13.3. The van der Waals surface area contributed by atoms with Gasteiger partial charge in [0.25, 0.3) is 5.91 Å². The third-order valence-electron chi connectivity index (χ3n) is 6.40. The lowest BCUT2D eigenvalue weighted by atomic mass is 9.78. The highest BCUT2D eigenvalue weighted by atomic mass is 16.5. The van der Waals surface area contributed by atoms with Crippen LogP contribution in [0.2, 0.25) is 0 Å². The van der Waals surface area contributed by atoms with Crippen LogP contribution in [-0.4, -0.2) is 68.8 Å². The minimum Gasteiger partial charge on any atom is -0.466 e. The maximum absolute atomic E-state index is 13.3. The van der Waals surface area contributed by atoms with Crippen LogP contribution >= 0.6 is 0 Å². The quantitative estimate of drug-likeness (QED) is 0.296. The number of para-hydroxylation sites is 1. The van der Waals surface area contributed by atoms with Crippen molar-refractivity contribution < 1.29 is 19.1 Å². The van der Waals surface area contributed by atoms with Crippen LogP contribution in [0.25, 0.3) is 0 Å². The van der Waals surface area contributed by atoms with Gasteiger partial charge in [0.2, 0.25) is 0 Å². The van der Waals surface area contributed by atoms with Crippen LogP contribution in [0.15, 0.2) is 84.0 Å². The number of carbonyl (C=O) groups excluding carboxylic acids is 2. The van der Waals surface area contributed by atoms with E-state index in [9.17, 15) is 9.59 Å². The van der Waals surface area contributed by atoms with Gasteiger partial charge in [-0.05, 0) is 57.3 Å². The molecule has 184 valence electrons. The molecule has 2 heterocycles. The summed E-state index contributed by atoms with van der Waals surface area (Å²) < 4.78 is 11.6. The van der Waals surface area contributed by atoms with E-state index in [1.807, 2.05) is 86.9 Å². The largest absolute Gasteiger partial charge is 0.466 e. The van der Waals surface area contributed by atoms with E-state index >= 15 is 0 Å². The van der Waals surface area contributed by atoms with Crippen molar-refractivity contribution in [1.82, 2.24) is 10.2 Å². The molecule has 7 heteroatoms. The van der Waals surface area contributed by atoms with Crippen molar-refractivity contribution in [2.45, 2.75) is 30.6 Å². The molecule has 0 radical (unpaired) electrons. The van der Waals surface area contributed by atoms with E-state index in [1.54, 1.807) is 0 Å². The third kappa shape index (κ3) is 5.31. The number of carbonyl (C=O) groups is 2. The number of methoxy groups -OCH3 is 1. The molecule has 0 aromatic heterocycles. The van der Waals surface area contributed by atoms with Crippen molar-refractivity contribution >= 4 is 17.6 Å². The van der Waals surface area contributed by atoms with Gasteiger partial charge in [0, 0.05) is 12.2 Å². The van der Waals surface area contributed by atoms with E-state index in [2.05, 4.69) is 15.5 Å². The number of nitrogens with one attached hydrogen (secondary N) is 2. The number of anilines is 1. The maximum Gasteiger partial charge on any atom is 0.337 e. The zero-order valence-electron chi connectivity index (χ0n) is 20.5. The Balaban J connectivity index is 1.69. The number of ether oxygens (including phenoxy) is 2. The summed E-state index contributed by atoms with van der Waals surface area (Å²) in [4.78, 5) is 28.5. The zero-order valence-corrected chi connectivity index (χ0v) is 20.5. The molecule has 4 rings (SSSR count). The number of hydrogen-bond donors (Lipinski definition) is 2. The van der Waals surface area contributed by atoms with Gasteiger partial charge in [0.1, 0.15) is 11.7 Å². The fourth-order valence-electron chi connectivity index (χ4n) is 4.74. The molecule has 2 bridgehead atoms. The van der Waals surface area contributed by atoms with E-state index < -0.39 is 17.7 Å². The number of rotatable bonds is 11. The van der Waals surface area contributed by atoms with Gasteiger partial charge in [-0.1, -0.05) is 54.6 Å². The standard InChI is InChI=1S/C28H33N3O4/c1-31(2)18-10-17-29-26(32)24-22-15-16-28(35-22,25(24)27(33)34-3)23(19-20-11-6-4-7-12-20)30-21-13-8-5-9-14-21/h4-9,11-16,22-23,30H,10,17-19H2,1-3H3,(H,29,32). The van der Waals surface area contributed by atoms with Crippen molar-refractivity contribution in [3.05, 3.63) is 89.5 Å². The molecule has 0 spiro atoms. The minimum absolute atomic E-state index is 0.266. The number of amides is 1. The Bertz CT molecular complexity index is 1060. The number of nitrogens with zero attached hydrogens (tertiary/aromatic N) is 1. The first-order chi connectivity index (χ1) is 16.9. The Morgan fingerprint density at radius 2 is 1.77 bits per heavy atom. The van der Waals surface area contributed by atoms with Crippen LogP contribution in [-0.2, 0) is 25.5 Å². The number of fused-ring (bicyclic) bond motifs is 2. The SMILES string of the molecule is COC(=O)C1=C(C(=O)NCCCN(C)C)C2C=CC1(C(Cc1ccccc1)Nc1ccccc1)O2. The lowest BCUT2D eigenvalue weighted by Gasteiger charge is -2.36. The topological polar surface area (TPSA) is 79.9 Å². The summed E-state index contributed by atoms with van der Waals surface area (Å²) in [5.41, 5.74) is 1.44. The molecule has 2 N–H and O–H groups in total. The van der Waals surface area contributed by atoms with Crippen molar-refractivity contribution in [3.63, 3.8) is 0 Å². The predicted octanol–water partition coefficient (Wildman–Crippen LogP) is 2.95. The number of hydrogen-bond acceptors (Lipinski definition) is 6. The molecule has 3 unspecified atom stereocenters. The second-order valence-electron chi connectivity index (χ2n) is 9.14. The smallest absolute Gasteiger partial charge is 0.337 e. The van der Waals surface area contributed by atoms with Crippen molar-refractivity contribution in [2.24, 2.45) is 0 Å². The van der Waals surface area contributed by atoms with Crippen molar-refractivity contribution in [3.8, 4) is 0 Å². The molecule has 2 aromatic rings. The molecule has 3 atom stereocenters.